The van der Waals surface area contributed by atoms with Crippen LogP contribution in [0.1, 0.15) is 13.3 Å². The number of carbonyl (C=O) groups excluding carboxylic acids is 1. The lowest BCUT2D eigenvalue weighted by molar-refractivity contribution is -0.384. The minimum absolute atomic E-state index is 0.0928. The number of piperazine rings is 1. The van der Waals surface area contributed by atoms with Crippen LogP contribution in [0.2, 0.25) is 0 Å². The van der Waals surface area contributed by atoms with E-state index in [0.717, 1.165) is 25.2 Å². The lowest BCUT2D eigenvalue weighted by Crippen LogP contribution is -2.51. The van der Waals surface area contributed by atoms with E-state index in [4.69, 9.17) is 0 Å². The summed E-state index contributed by atoms with van der Waals surface area (Å²) in [7, 11) is 0. The molecule has 1 saturated heterocycles. The first kappa shape index (κ1) is 16.7. The maximum atomic E-state index is 12.6. The van der Waals surface area contributed by atoms with Gasteiger partial charge in [0.1, 0.15) is 0 Å². The summed E-state index contributed by atoms with van der Waals surface area (Å²) in [6.45, 7) is 4.78. The van der Waals surface area contributed by atoms with Gasteiger partial charge in [-0.15, -0.1) is 0 Å². The Hall–Kier alpha value is -1.15. The highest BCUT2D eigenvalue weighted by atomic mass is 79.9. The second-order valence-corrected chi connectivity index (χ2v) is 10.0. The van der Waals surface area contributed by atoms with Crippen LogP contribution < -0.4 is 4.90 Å². The average Bonchev–Trinajstić information content (AvgIpc) is 3.06. The molecule has 0 unspecified atom stereocenters. The molecular formula is C15H17Br2N3O3. The van der Waals surface area contributed by atoms with Crippen LogP contribution >= 0.6 is 31.9 Å². The fourth-order valence-corrected chi connectivity index (χ4v) is 4.39. The van der Waals surface area contributed by atoms with Gasteiger partial charge in [0.05, 0.1) is 13.6 Å². The van der Waals surface area contributed by atoms with Crippen molar-refractivity contribution in [1.82, 2.24) is 4.90 Å². The van der Waals surface area contributed by atoms with Crippen LogP contribution in [-0.4, -0.2) is 45.1 Å². The zero-order valence-electron chi connectivity index (χ0n) is 12.7. The van der Waals surface area contributed by atoms with Gasteiger partial charge in [-0.2, -0.15) is 0 Å². The molecule has 0 N–H and O–H groups in total. The van der Waals surface area contributed by atoms with E-state index in [1.54, 1.807) is 12.1 Å². The van der Waals surface area contributed by atoms with Crippen molar-refractivity contribution in [3.8, 4) is 0 Å². The quantitative estimate of drug-likeness (QED) is 0.406. The van der Waals surface area contributed by atoms with Gasteiger partial charge in [-0.3, -0.25) is 14.9 Å². The molecule has 1 saturated carbocycles. The standard InChI is InChI=1S/C15H17Br2N3O3/c1-14(10-15(14,16)17)13(21)19-8-6-18(7-9-19)11-2-4-12(5-3-11)20(22)23/h2-5H,6-10H2,1H3/t14-/m0/s1. The smallest absolute Gasteiger partial charge is 0.269 e. The van der Waals surface area contributed by atoms with Crippen molar-refractivity contribution in [1.29, 1.82) is 0 Å². The molecule has 6 nitrogen and oxygen atoms in total. The number of amides is 1. The Balaban J connectivity index is 1.60. The molecule has 0 radical (unpaired) electrons. The van der Waals surface area contributed by atoms with Gasteiger partial charge >= 0.3 is 0 Å². The lowest BCUT2D eigenvalue weighted by Gasteiger charge is -2.37. The van der Waals surface area contributed by atoms with Crippen molar-refractivity contribution in [2.24, 2.45) is 5.41 Å². The summed E-state index contributed by atoms with van der Waals surface area (Å²) < 4.78 is -0.264. The number of alkyl halides is 2. The predicted molar refractivity (Wildman–Crippen MR) is 95.2 cm³/mol. The number of nitrogens with zero attached hydrogens (tertiary/aromatic N) is 3. The van der Waals surface area contributed by atoms with Crippen LogP contribution in [0.5, 0.6) is 0 Å². The topological polar surface area (TPSA) is 66.7 Å². The van der Waals surface area contributed by atoms with Crippen LogP contribution in [0.4, 0.5) is 11.4 Å². The third kappa shape index (κ3) is 2.98. The molecule has 0 bridgehead atoms. The molecule has 3 rings (SSSR count). The summed E-state index contributed by atoms with van der Waals surface area (Å²) in [5.41, 5.74) is 0.675. The van der Waals surface area contributed by atoms with Crippen molar-refractivity contribution in [2.75, 3.05) is 31.1 Å². The number of benzene rings is 1. The maximum Gasteiger partial charge on any atom is 0.269 e. The van der Waals surface area contributed by atoms with Crippen LogP contribution in [0.3, 0.4) is 0 Å². The highest BCUT2D eigenvalue weighted by molar-refractivity contribution is 9.25. The van der Waals surface area contributed by atoms with E-state index >= 15 is 0 Å². The fourth-order valence-electron chi connectivity index (χ4n) is 2.93. The number of carbonyl (C=O) groups is 1. The molecule has 8 heteroatoms. The summed E-state index contributed by atoms with van der Waals surface area (Å²) >= 11 is 7.09. The molecule has 1 aromatic rings. The third-order valence-corrected chi connectivity index (χ3v) is 7.03. The Morgan fingerprint density at radius 3 is 2.13 bits per heavy atom. The number of anilines is 1. The van der Waals surface area contributed by atoms with E-state index in [1.807, 2.05) is 11.8 Å². The van der Waals surface area contributed by atoms with E-state index in [0.29, 0.717) is 13.1 Å². The Labute approximate surface area is 151 Å². The minimum Gasteiger partial charge on any atom is -0.368 e. The van der Waals surface area contributed by atoms with Gasteiger partial charge in [0.15, 0.2) is 0 Å². The highest BCUT2D eigenvalue weighted by Crippen LogP contribution is 2.66. The molecule has 1 aliphatic heterocycles. The molecule has 1 aromatic carbocycles. The Kier molecular flexibility index (Phi) is 4.16. The predicted octanol–water partition coefficient (Wildman–Crippen LogP) is 3.14. The number of nitro benzene ring substituents is 1. The Morgan fingerprint density at radius 2 is 1.70 bits per heavy atom. The number of non-ortho nitro benzene ring substituents is 1. The van der Waals surface area contributed by atoms with Crippen molar-refractivity contribution in [2.45, 2.75) is 16.6 Å². The monoisotopic (exact) mass is 445 g/mol. The molecular weight excluding hydrogens is 430 g/mol. The summed E-state index contributed by atoms with van der Waals surface area (Å²) in [5.74, 6) is 0.176. The largest absolute Gasteiger partial charge is 0.368 e. The van der Waals surface area contributed by atoms with Crippen molar-refractivity contribution in [3.63, 3.8) is 0 Å². The van der Waals surface area contributed by atoms with Crippen molar-refractivity contribution in [3.05, 3.63) is 34.4 Å². The fraction of sp³-hybridized carbons (Fsp3) is 0.533. The number of rotatable bonds is 3. The summed E-state index contributed by atoms with van der Waals surface area (Å²) in [6, 6.07) is 6.56. The molecule has 2 aliphatic rings. The number of hydrogen-bond acceptors (Lipinski definition) is 4. The second-order valence-electron chi connectivity index (χ2n) is 6.27. The van der Waals surface area contributed by atoms with Crippen LogP contribution in [0.15, 0.2) is 24.3 Å². The van der Waals surface area contributed by atoms with Crippen LogP contribution in [0, 0.1) is 15.5 Å². The number of hydrogen-bond donors (Lipinski definition) is 0. The van der Waals surface area contributed by atoms with E-state index < -0.39 is 4.92 Å². The van der Waals surface area contributed by atoms with E-state index in [-0.39, 0.29) is 20.2 Å². The maximum absolute atomic E-state index is 12.6. The molecule has 124 valence electrons. The Morgan fingerprint density at radius 1 is 1.17 bits per heavy atom. The molecule has 1 heterocycles. The van der Waals surface area contributed by atoms with Crippen molar-refractivity contribution >= 4 is 49.1 Å². The normalized spacial score (nSPS) is 26.0. The van der Waals surface area contributed by atoms with Crippen LogP contribution in [0.25, 0.3) is 0 Å². The summed E-state index contributed by atoms with van der Waals surface area (Å²) in [5, 5.41) is 10.7. The summed E-state index contributed by atoms with van der Waals surface area (Å²) in [4.78, 5) is 27.0. The molecule has 0 spiro atoms. The van der Waals surface area contributed by atoms with Gasteiger partial charge in [0.2, 0.25) is 5.91 Å². The SMILES string of the molecule is C[C@@]1(C(=O)N2CCN(c3ccc([N+](=O)[O-])cc3)CC2)CC1(Br)Br. The molecule has 1 atom stereocenters. The van der Waals surface area contributed by atoms with Gasteiger partial charge in [-0.05, 0) is 25.5 Å². The van der Waals surface area contributed by atoms with Gasteiger partial charge in [0.25, 0.3) is 5.69 Å². The summed E-state index contributed by atoms with van der Waals surface area (Å²) in [6.07, 6.45) is 0.793. The molecule has 1 amide bonds. The highest BCUT2D eigenvalue weighted by Gasteiger charge is 2.67. The first-order valence-corrected chi connectivity index (χ1v) is 9.00. The minimum atomic E-state index is -0.399. The zero-order valence-corrected chi connectivity index (χ0v) is 15.8. The lowest BCUT2D eigenvalue weighted by atomic mass is 10.1. The number of halogens is 2. The second kappa shape index (κ2) is 5.73. The van der Waals surface area contributed by atoms with Gasteiger partial charge < -0.3 is 9.80 Å². The molecule has 2 fully saturated rings. The van der Waals surface area contributed by atoms with Gasteiger partial charge in [0, 0.05) is 44.0 Å². The average molecular weight is 447 g/mol. The van der Waals surface area contributed by atoms with Crippen LogP contribution in [-0.2, 0) is 4.79 Å². The number of nitro groups is 1. The molecule has 23 heavy (non-hydrogen) atoms. The van der Waals surface area contributed by atoms with E-state index in [9.17, 15) is 14.9 Å². The van der Waals surface area contributed by atoms with Gasteiger partial charge in [-0.1, -0.05) is 31.9 Å². The van der Waals surface area contributed by atoms with Crippen molar-refractivity contribution < 1.29 is 9.72 Å². The van der Waals surface area contributed by atoms with E-state index in [2.05, 4.69) is 36.8 Å². The molecule has 0 aromatic heterocycles. The Bertz CT molecular complexity index is 642. The zero-order chi connectivity index (χ0) is 16.8. The van der Waals surface area contributed by atoms with Gasteiger partial charge in [-0.25, -0.2) is 0 Å². The van der Waals surface area contributed by atoms with E-state index in [1.165, 1.54) is 12.1 Å². The first-order chi connectivity index (χ1) is 10.7. The molecule has 1 aliphatic carbocycles. The first-order valence-electron chi connectivity index (χ1n) is 7.41. The third-order valence-electron chi connectivity index (χ3n) is 4.72.